The minimum Gasteiger partial charge on any atom is -0.325 e. The summed E-state index contributed by atoms with van der Waals surface area (Å²) in [5.74, 6) is 0.294. The number of aryl methyl sites for hydroxylation is 1. The van der Waals surface area contributed by atoms with E-state index in [4.69, 9.17) is 11.6 Å². The second-order valence-corrected chi connectivity index (χ2v) is 6.49. The zero-order chi connectivity index (χ0) is 13.8. The number of hydrogen-bond acceptors (Lipinski definition) is 4. The fourth-order valence-corrected chi connectivity index (χ4v) is 3.28. The summed E-state index contributed by atoms with van der Waals surface area (Å²) in [5, 5.41) is 5.49. The molecule has 0 aliphatic carbocycles. The summed E-state index contributed by atoms with van der Waals surface area (Å²) in [5.41, 5.74) is 2.62. The van der Waals surface area contributed by atoms with Gasteiger partial charge in [0.05, 0.1) is 5.75 Å². The Morgan fingerprint density at radius 1 is 1.47 bits per heavy atom. The topological polar surface area (TPSA) is 42.0 Å². The van der Waals surface area contributed by atoms with Gasteiger partial charge in [0.2, 0.25) is 5.91 Å². The molecule has 1 aromatic carbocycles. The minimum absolute atomic E-state index is 0.0526. The number of nitrogens with zero attached hydrogens (tertiary/aromatic N) is 1. The Morgan fingerprint density at radius 2 is 2.26 bits per heavy atom. The van der Waals surface area contributed by atoms with Gasteiger partial charge in [-0.25, -0.2) is 4.98 Å². The predicted molar refractivity (Wildman–Crippen MR) is 82.4 cm³/mol. The molecule has 1 N–H and O–H groups in total. The van der Waals surface area contributed by atoms with Gasteiger partial charge in [-0.2, -0.15) is 0 Å². The van der Waals surface area contributed by atoms with Crippen molar-refractivity contribution < 1.29 is 4.79 Å². The Kier molecular flexibility index (Phi) is 4.85. The largest absolute Gasteiger partial charge is 0.325 e. The molecule has 0 saturated carbocycles. The molecule has 2 aromatic rings. The van der Waals surface area contributed by atoms with E-state index < -0.39 is 0 Å². The number of carbonyl (C=O) groups excluding carboxylic acids is 1. The Balaban J connectivity index is 1.92. The van der Waals surface area contributed by atoms with E-state index >= 15 is 0 Å². The molecule has 0 aliphatic heterocycles. The second-order valence-electron chi connectivity index (χ2n) is 4.00. The number of thioether (sulfide) groups is 1. The van der Waals surface area contributed by atoms with Crippen molar-refractivity contribution in [3.8, 4) is 0 Å². The van der Waals surface area contributed by atoms with Crippen LogP contribution in [0.3, 0.4) is 0 Å². The summed E-state index contributed by atoms with van der Waals surface area (Å²) >= 11 is 9.00. The molecule has 0 atom stereocenters. The van der Waals surface area contributed by atoms with Crippen molar-refractivity contribution in [2.24, 2.45) is 0 Å². The zero-order valence-electron chi connectivity index (χ0n) is 10.6. The summed E-state index contributed by atoms with van der Waals surface area (Å²) < 4.78 is 0.912. The molecule has 1 heterocycles. The Labute approximate surface area is 125 Å². The molecule has 100 valence electrons. The lowest BCUT2D eigenvalue weighted by Crippen LogP contribution is -2.14. The van der Waals surface area contributed by atoms with Crippen LogP contribution in [-0.2, 0) is 4.79 Å². The van der Waals surface area contributed by atoms with Crippen LogP contribution >= 0.6 is 34.7 Å². The number of aromatic nitrogens is 1. The van der Waals surface area contributed by atoms with Gasteiger partial charge in [0.15, 0.2) is 4.34 Å². The standard InChI is InChI=1S/C13H13ClN2OS2/c1-8-6-18-13(15-8)19-7-12(17)16-11-5-3-4-10(14)9(11)2/h3-6H,7H2,1-2H3,(H,16,17). The molecule has 6 heteroatoms. The maximum Gasteiger partial charge on any atom is 0.234 e. The highest BCUT2D eigenvalue weighted by atomic mass is 35.5. The van der Waals surface area contributed by atoms with Crippen LogP contribution in [0.4, 0.5) is 5.69 Å². The number of rotatable bonds is 4. The molecule has 0 unspecified atom stereocenters. The summed E-state index contributed by atoms with van der Waals surface area (Å²) in [6.07, 6.45) is 0. The molecular formula is C13H13ClN2OS2. The number of nitrogens with one attached hydrogen (secondary N) is 1. The van der Waals surface area contributed by atoms with Crippen LogP contribution in [0.5, 0.6) is 0 Å². The Bertz CT molecular complexity index is 598. The summed E-state index contributed by atoms with van der Waals surface area (Å²) in [7, 11) is 0. The molecule has 0 spiro atoms. The maximum atomic E-state index is 11.9. The monoisotopic (exact) mass is 312 g/mol. The van der Waals surface area contributed by atoms with Gasteiger partial charge in [-0.15, -0.1) is 11.3 Å². The fourth-order valence-electron chi connectivity index (χ4n) is 1.46. The molecule has 3 nitrogen and oxygen atoms in total. The van der Waals surface area contributed by atoms with Crippen LogP contribution in [0.2, 0.25) is 5.02 Å². The third-order valence-electron chi connectivity index (χ3n) is 2.47. The van der Waals surface area contributed by atoms with Gasteiger partial charge in [0.25, 0.3) is 0 Å². The van der Waals surface area contributed by atoms with Gasteiger partial charge in [-0.05, 0) is 31.5 Å². The van der Waals surface area contributed by atoms with Crippen molar-refractivity contribution in [3.05, 3.63) is 39.9 Å². The van der Waals surface area contributed by atoms with Crippen LogP contribution in [0, 0.1) is 13.8 Å². The Morgan fingerprint density at radius 3 is 2.95 bits per heavy atom. The van der Waals surface area contributed by atoms with Crippen molar-refractivity contribution in [1.82, 2.24) is 4.98 Å². The van der Waals surface area contributed by atoms with Crippen molar-refractivity contribution in [1.29, 1.82) is 0 Å². The van der Waals surface area contributed by atoms with Crippen molar-refractivity contribution in [3.63, 3.8) is 0 Å². The van der Waals surface area contributed by atoms with Crippen LogP contribution in [0.1, 0.15) is 11.3 Å². The van der Waals surface area contributed by atoms with Crippen molar-refractivity contribution >= 4 is 46.3 Å². The second kappa shape index (κ2) is 6.41. The smallest absolute Gasteiger partial charge is 0.234 e. The fraction of sp³-hybridized carbons (Fsp3) is 0.231. The van der Waals surface area contributed by atoms with Crippen molar-refractivity contribution in [2.75, 3.05) is 11.1 Å². The molecule has 0 bridgehead atoms. The Hall–Kier alpha value is -1.04. The third-order valence-corrected chi connectivity index (χ3v) is 5.01. The number of carbonyl (C=O) groups is 1. The molecule has 1 amide bonds. The number of benzene rings is 1. The van der Waals surface area contributed by atoms with Gasteiger partial charge in [0, 0.05) is 21.8 Å². The minimum atomic E-state index is -0.0526. The van der Waals surface area contributed by atoms with E-state index in [-0.39, 0.29) is 5.91 Å². The SMILES string of the molecule is Cc1csc(SCC(=O)Nc2cccc(Cl)c2C)n1. The highest BCUT2D eigenvalue weighted by molar-refractivity contribution is 8.01. The van der Waals surface area contributed by atoms with E-state index in [1.807, 2.05) is 31.4 Å². The number of amides is 1. The van der Waals surface area contributed by atoms with E-state index in [1.165, 1.54) is 11.8 Å². The number of anilines is 1. The highest BCUT2D eigenvalue weighted by Gasteiger charge is 2.08. The lowest BCUT2D eigenvalue weighted by molar-refractivity contribution is -0.113. The molecule has 0 saturated heterocycles. The summed E-state index contributed by atoms with van der Waals surface area (Å²) in [6, 6.07) is 5.47. The van der Waals surface area contributed by atoms with Crippen LogP contribution in [0.25, 0.3) is 0 Å². The molecule has 0 fully saturated rings. The average Bonchev–Trinajstić information content (AvgIpc) is 2.78. The maximum absolute atomic E-state index is 11.9. The average molecular weight is 313 g/mol. The van der Waals surface area contributed by atoms with Crippen molar-refractivity contribution in [2.45, 2.75) is 18.2 Å². The highest BCUT2D eigenvalue weighted by Crippen LogP contribution is 2.25. The van der Waals surface area contributed by atoms with Crippen LogP contribution in [-0.4, -0.2) is 16.6 Å². The van der Waals surface area contributed by atoms with E-state index in [0.29, 0.717) is 10.8 Å². The first-order valence-corrected chi connectivity index (χ1v) is 7.90. The molecule has 0 aliphatic rings. The molecule has 1 aromatic heterocycles. The molecule has 2 rings (SSSR count). The summed E-state index contributed by atoms with van der Waals surface area (Å²) in [4.78, 5) is 16.2. The summed E-state index contributed by atoms with van der Waals surface area (Å²) in [6.45, 7) is 3.82. The van der Waals surface area contributed by atoms with Crippen LogP contribution in [0.15, 0.2) is 27.9 Å². The number of thiazole rings is 1. The van der Waals surface area contributed by atoms with Gasteiger partial charge in [-0.1, -0.05) is 29.4 Å². The van der Waals surface area contributed by atoms with E-state index in [0.717, 1.165) is 21.3 Å². The van der Waals surface area contributed by atoms with E-state index in [9.17, 15) is 4.79 Å². The first kappa shape index (κ1) is 14.4. The molecule has 19 heavy (non-hydrogen) atoms. The van der Waals surface area contributed by atoms with E-state index in [2.05, 4.69) is 10.3 Å². The lowest BCUT2D eigenvalue weighted by Gasteiger charge is -2.08. The molecular weight excluding hydrogens is 300 g/mol. The quantitative estimate of drug-likeness (QED) is 0.863. The van der Waals surface area contributed by atoms with Gasteiger partial charge in [-0.3, -0.25) is 4.79 Å². The first-order chi connectivity index (χ1) is 9.06. The van der Waals surface area contributed by atoms with Crippen LogP contribution < -0.4 is 5.32 Å². The van der Waals surface area contributed by atoms with Gasteiger partial charge >= 0.3 is 0 Å². The molecule has 0 radical (unpaired) electrons. The zero-order valence-corrected chi connectivity index (χ0v) is 13.0. The van der Waals surface area contributed by atoms with Gasteiger partial charge in [0.1, 0.15) is 0 Å². The normalized spacial score (nSPS) is 10.5. The number of hydrogen-bond donors (Lipinski definition) is 1. The van der Waals surface area contributed by atoms with Gasteiger partial charge < -0.3 is 5.32 Å². The first-order valence-electron chi connectivity index (χ1n) is 5.66. The predicted octanol–water partition coefficient (Wildman–Crippen LogP) is 4.14. The van der Waals surface area contributed by atoms with E-state index in [1.54, 1.807) is 17.4 Å². The third kappa shape index (κ3) is 3.96. The lowest BCUT2D eigenvalue weighted by atomic mass is 10.2. The number of halogens is 1.